The molecule has 118 valence electrons. The molecular weight excluding hydrogens is 287 g/mol. The maximum absolute atomic E-state index is 13.4. The fourth-order valence-electron chi connectivity index (χ4n) is 1.99. The van der Waals surface area contributed by atoms with Crippen LogP contribution in [0.1, 0.15) is 22.9 Å². The summed E-state index contributed by atoms with van der Waals surface area (Å²) in [6, 6.07) is 7.62. The smallest absolute Gasteiger partial charge is 0.315 e. The summed E-state index contributed by atoms with van der Waals surface area (Å²) in [4.78, 5) is 11.9. The highest BCUT2D eigenvalue weighted by atomic mass is 19.1. The van der Waals surface area contributed by atoms with Crippen molar-refractivity contribution < 1.29 is 18.3 Å². The molecule has 1 aromatic heterocycles. The molecule has 2 aromatic rings. The van der Waals surface area contributed by atoms with E-state index in [2.05, 4.69) is 10.6 Å². The number of benzene rings is 1. The number of hydrogen-bond acceptors (Lipinski definition) is 3. The van der Waals surface area contributed by atoms with Crippen LogP contribution in [0.25, 0.3) is 0 Å². The number of aryl methyl sites for hydroxylation is 1. The van der Waals surface area contributed by atoms with Gasteiger partial charge in [0.1, 0.15) is 17.6 Å². The van der Waals surface area contributed by atoms with E-state index in [0.29, 0.717) is 23.5 Å². The lowest BCUT2D eigenvalue weighted by atomic mass is 10.1. The lowest BCUT2D eigenvalue weighted by molar-refractivity contribution is 0.157. The highest BCUT2D eigenvalue weighted by Crippen LogP contribution is 2.13. The van der Waals surface area contributed by atoms with Crippen LogP contribution in [0.2, 0.25) is 0 Å². The third-order valence-corrected chi connectivity index (χ3v) is 3.21. The minimum atomic E-state index is -0.380. The molecule has 0 bridgehead atoms. The van der Waals surface area contributed by atoms with Gasteiger partial charge in [-0.2, -0.15) is 0 Å². The molecule has 0 aliphatic carbocycles. The predicted octanol–water partition coefficient (Wildman–Crippen LogP) is 2.91. The van der Waals surface area contributed by atoms with E-state index < -0.39 is 0 Å². The number of methoxy groups -OCH3 is 1. The van der Waals surface area contributed by atoms with Crippen molar-refractivity contribution in [3.05, 3.63) is 59.3 Å². The Morgan fingerprint density at radius 2 is 2.23 bits per heavy atom. The molecule has 1 atom stereocenters. The minimum absolute atomic E-state index is 0.237. The van der Waals surface area contributed by atoms with Crippen LogP contribution in [-0.4, -0.2) is 19.7 Å². The highest BCUT2D eigenvalue weighted by Gasteiger charge is 2.16. The zero-order chi connectivity index (χ0) is 15.9. The molecule has 2 rings (SSSR count). The van der Waals surface area contributed by atoms with E-state index in [1.807, 2.05) is 0 Å². The summed E-state index contributed by atoms with van der Waals surface area (Å²) in [6.45, 7) is 2.22. The molecule has 6 heteroatoms. The molecule has 0 saturated carbocycles. The first-order valence-corrected chi connectivity index (χ1v) is 6.92. The molecule has 0 radical (unpaired) electrons. The molecule has 0 aliphatic heterocycles. The van der Waals surface area contributed by atoms with Crippen LogP contribution in [0, 0.1) is 12.7 Å². The van der Waals surface area contributed by atoms with Crippen LogP contribution in [-0.2, 0) is 11.3 Å². The predicted molar refractivity (Wildman–Crippen MR) is 79.8 cm³/mol. The summed E-state index contributed by atoms with van der Waals surface area (Å²) >= 11 is 0. The molecule has 2 amide bonds. The first-order chi connectivity index (χ1) is 10.6. The molecule has 0 aliphatic rings. The fraction of sp³-hybridized carbons (Fsp3) is 0.312. The van der Waals surface area contributed by atoms with Gasteiger partial charge in [0.05, 0.1) is 12.9 Å². The summed E-state index contributed by atoms with van der Waals surface area (Å²) in [5.41, 5.74) is 1.27. The summed E-state index contributed by atoms with van der Waals surface area (Å²) in [7, 11) is 1.55. The van der Waals surface area contributed by atoms with Crippen molar-refractivity contribution in [3.63, 3.8) is 0 Å². The van der Waals surface area contributed by atoms with Gasteiger partial charge in [-0.25, -0.2) is 9.18 Å². The second-order valence-corrected chi connectivity index (χ2v) is 4.93. The second-order valence-electron chi connectivity index (χ2n) is 4.93. The normalized spacial score (nSPS) is 12.0. The van der Waals surface area contributed by atoms with Crippen molar-refractivity contribution in [1.82, 2.24) is 10.6 Å². The number of ether oxygens (including phenoxy) is 1. The zero-order valence-electron chi connectivity index (χ0n) is 12.6. The molecule has 5 nitrogen and oxygen atoms in total. The monoisotopic (exact) mass is 306 g/mol. The lowest BCUT2D eigenvalue weighted by Gasteiger charge is -2.16. The van der Waals surface area contributed by atoms with E-state index in [0.717, 1.165) is 0 Å². The van der Waals surface area contributed by atoms with Gasteiger partial charge in [-0.3, -0.25) is 0 Å². The Morgan fingerprint density at radius 1 is 1.41 bits per heavy atom. The number of nitrogens with one attached hydrogen (secondary N) is 2. The lowest BCUT2D eigenvalue weighted by Crippen LogP contribution is -2.39. The highest BCUT2D eigenvalue weighted by molar-refractivity contribution is 5.74. The van der Waals surface area contributed by atoms with Crippen molar-refractivity contribution in [2.45, 2.75) is 19.5 Å². The molecular formula is C16H19FN2O3. The van der Waals surface area contributed by atoms with Gasteiger partial charge in [-0.1, -0.05) is 12.1 Å². The zero-order valence-corrected chi connectivity index (χ0v) is 12.6. The summed E-state index contributed by atoms with van der Waals surface area (Å²) < 4.78 is 23.8. The Hall–Kier alpha value is -2.34. The SMILES string of the molecule is COC[C@@H](NC(=O)NCc1ccc(C)c(F)c1)c1ccco1. The van der Waals surface area contributed by atoms with Crippen molar-refractivity contribution in [1.29, 1.82) is 0 Å². The van der Waals surface area contributed by atoms with Crippen LogP contribution in [0.4, 0.5) is 9.18 Å². The topological polar surface area (TPSA) is 63.5 Å². The number of rotatable bonds is 6. The Bertz CT molecular complexity index is 614. The maximum atomic E-state index is 13.4. The van der Waals surface area contributed by atoms with Gasteiger partial charge >= 0.3 is 6.03 Å². The third kappa shape index (κ3) is 4.33. The molecule has 1 heterocycles. The summed E-state index contributed by atoms with van der Waals surface area (Å²) in [5, 5.41) is 5.44. The van der Waals surface area contributed by atoms with Crippen molar-refractivity contribution >= 4 is 6.03 Å². The number of urea groups is 1. The molecule has 2 N–H and O–H groups in total. The van der Waals surface area contributed by atoms with Crippen LogP contribution in [0.3, 0.4) is 0 Å². The van der Waals surface area contributed by atoms with Gasteiger partial charge in [-0.05, 0) is 36.2 Å². The number of halogens is 1. The summed E-state index contributed by atoms with van der Waals surface area (Å²) in [6.07, 6.45) is 1.53. The van der Waals surface area contributed by atoms with E-state index >= 15 is 0 Å². The second kappa shape index (κ2) is 7.61. The van der Waals surface area contributed by atoms with E-state index in [9.17, 15) is 9.18 Å². The van der Waals surface area contributed by atoms with Gasteiger partial charge in [0.25, 0.3) is 0 Å². The third-order valence-electron chi connectivity index (χ3n) is 3.21. The largest absolute Gasteiger partial charge is 0.467 e. The number of hydrogen-bond donors (Lipinski definition) is 2. The van der Waals surface area contributed by atoms with E-state index in [4.69, 9.17) is 9.15 Å². The molecule has 0 spiro atoms. The van der Waals surface area contributed by atoms with Gasteiger partial charge in [0, 0.05) is 13.7 Å². The van der Waals surface area contributed by atoms with Crippen LogP contribution >= 0.6 is 0 Å². The number of carbonyl (C=O) groups is 1. The van der Waals surface area contributed by atoms with E-state index in [1.54, 1.807) is 38.3 Å². The average Bonchev–Trinajstić information content (AvgIpc) is 3.02. The van der Waals surface area contributed by atoms with E-state index in [1.165, 1.54) is 12.3 Å². The fourth-order valence-corrected chi connectivity index (χ4v) is 1.99. The number of furan rings is 1. The molecule has 22 heavy (non-hydrogen) atoms. The van der Waals surface area contributed by atoms with Crippen LogP contribution in [0.15, 0.2) is 41.0 Å². The first-order valence-electron chi connectivity index (χ1n) is 6.92. The first kappa shape index (κ1) is 16.0. The maximum Gasteiger partial charge on any atom is 0.315 e. The Labute approximate surface area is 128 Å². The molecule has 0 saturated heterocycles. The Morgan fingerprint density at radius 3 is 2.86 bits per heavy atom. The van der Waals surface area contributed by atoms with Gasteiger partial charge < -0.3 is 19.8 Å². The van der Waals surface area contributed by atoms with Gasteiger partial charge in [0.15, 0.2) is 0 Å². The van der Waals surface area contributed by atoms with Gasteiger partial charge in [0.2, 0.25) is 0 Å². The van der Waals surface area contributed by atoms with Crippen molar-refractivity contribution in [3.8, 4) is 0 Å². The van der Waals surface area contributed by atoms with Gasteiger partial charge in [-0.15, -0.1) is 0 Å². The average molecular weight is 306 g/mol. The molecule has 0 fully saturated rings. The number of amides is 2. The Balaban J connectivity index is 1.89. The number of carbonyl (C=O) groups excluding carboxylic acids is 1. The summed E-state index contributed by atoms with van der Waals surface area (Å²) in [5.74, 6) is 0.325. The van der Waals surface area contributed by atoms with E-state index in [-0.39, 0.29) is 24.4 Å². The van der Waals surface area contributed by atoms with Crippen LogP contribution < -0.4 is 10.6 Å². The standard InChI is InChI=1S/C16H19FN2O3/c1-11-5-6-12(8-13(11)17)9-18-16(20)19-14(10-21-2)15-4-3-7-22-15/h3-8,14H,9-10H2,1-2H3,(H2,18,19,20)/t14-/m1/s1. The van der Waals surface area contributed by atoms with Crippen molar-refractivity contribution in [2.75, 3.05) is 13.7 Å². The quantitative estimate of drug-likeness (QED) is 0.862. The van der Waals surface area contributed by atoms with Crippen molar-refractivity contribution in [2.24, 2.45) is 0 Å². The minimum Gasteiger partial charge on any atom is -0.467 e. The Kier molecular flexibility index (Phi) is 5.55. The molecule has 1 aromatic carbocycles. The molecule has 0 unspecified atom stereocenters. The van der Waals surface area contributed by atoms with Crippen LogP contribution in [0.5, 0.6) is 0 Å².